The van der Waals surface area contributed by atoms with E-state index in [-0.39, 0.29) is 17.6 Å². The zero-order valence-electron chi connectivity index (χ0n) is 10.5. The van der Waals surface area contributed by atoms with Crippen LogP contribution in [0.25, 0.3) is 0 Å². The highest BCUT2D eigenvalue weighted by Gasteiger charge is 2.19. The molecule has 1 aromatic carbocycles. The smallest absolute Gasteiger partial charge is 0.224 e. The second kappa shape index (κ2) is 6.40. The molecule has 4 heteroatoms. The number of carbonyl (C=O) groups excluding carboxylic acids is 1. The topological polar surface area (TPSA) is 61.4 Å². The average molecular weight is 248 g/mol. The third-order valence-corrected chi connectivity index (χ3v) is 3.32. The standard InChI is InChI=1S/C14H20N2O2/c17-13-5-3-11(4-6-13)7-9-16-14(18)12-2-1-8-15-10-12/h3-6,12,15,17H,1-2,7-10H2,(H,16,18)/t12-/m1/s1. The van der Waals surface area contributed by atoms with Gasteiger partial charge >= 0.3 is 0 Å². The van der Waals surface area contributed by atoms with Gasteiger partial charge < -0.3 is 15.7 Å². The van der Waals surface area contributed by atoms with Gasteiger partial charge in [0.2, 0.25) is 5.91 Å². The van der Waals surface area contributed by atoms with Gasteiger partial charge in [-0.3, -0.25) is 4.79 Å². The summed E-state index contributed by atoms with van der Waals surface area (Å²) >= 11 is 0. The van der Waals surface area contributed by atoms with Crippen molar-refractivity contribution in [2.45, 2.75) is 19.3 Å². The summed E-state index contributed by atoms with van der Waals surface area (Å²) in [4.78, 5) is 11.9. The minimum atomic E-state index is 0.124. The first-order valence-corrected chi connectivity index (χ1v) is 6.52. The predicted molar refractivity (Wildman–Crippen MR) is 70.4 cm³/mol. The normalized spacial score (nSPS) is 19.4. The van der Waals surface area contributed by atoms with Gasteiger partial charge in [-0.2, -0.15) is 0 Å². The van der Waals surface area contributed by atoms with Crippen LogP contribution in [0.2, 0.25) is 0 Å². The molecule has 3 N–H and O–H groups in total. The fourth-order valence-electron chi connectivity index (χ4n) is 2.21. The Bertz CT molecular complexity index is 383. The van der Waals surface area contributed by atoms with E-state index in [9.17, 15) is 4.79 Å². The first kappa shape index (κ1) is 12.9. The van der Waals surface area contributed by atoms with Gasteiger partial charge in [0.05, 0.1) is 5.92 Å². The fraction of sp³-hybridized carbons (Fsp3) is 0.500. The van der Waals surface area contributed by atoms with Gasteiger partial charge in [0.15, 0.2) is 0 Å². The average Bonchev–Trinajstić information content (AvgIpc) is 2.42. The van der Waals surface area contributed by atoms with E-state index in [0.29, 0.717) is 6.54 Å². The highest BCUT2D eigenvalue weighted by Crippen LogP contribution is 2.11. The molecular formula is C14H20N2O2. The van der Waals surface area contributed by atoms with Crippen LogP contribution < -0.4 is 10.6 Å². The first-order valence-electron chi connectivity index (χ1n) is 6.52. The number of rotatable bonds is 4. The summed E-state index contributed by atoms with van der Waals surface area (Å²) in [7, 11) is 0. The van der Waals surface area contributed by atoms with Crippen LogP contribution in [0.4, 0.5) is 0 Å². The number of benzene rings is 1. The molecule has 0 aliphatic carbocycles. The Balaban J connectivity index is 1.71. The van der Waals surface area contributed by atoms with Crippen molar-refractivity contribution in [2.24, 2.45) is 5.92 Å². The molecule has 1 heterocycles. The van der Waals surface area contributed by atoms with Crippen LogP contribution >= 0.6 is 0 Å². The van der Waals surface area contributed by atoms with Crippen molar-refractivity contribution in [3.8, 4) is 5.75 Å². The molecule has 1 atom stereocenters. The van der Waals surface area contributed by atoms with Crippen LogP contribution in [0.3, 0.4) is 0 Å². The molecule has 0 bridgehead atoms. The van der Waals surface area contributed by atoms with E-state index < -0.39 is 0 Å². The second-order valence-electron chi connectivity index (χ2n) is 4.75. The molecule has 1 saturated heterocycles. The fourth-order valence-corrected chi connectivity index (χ4v) is 2.21. The number of carbonyl (C=O) groups is 1. The van der Waals surface area contributed by atoms with Crippen LogP contribution in [-0.4, -0.2) is 30.6 Å². The molecule has 18 heavy (non-hydrogen) atoms. The third kappa shape index (κ3) is 3.74. The van der Waals surface area contributed by atoms with Crippen molar-refractivity contribution in [2.75, 3.05) is 19.6 Å². The van der Waals surface area contributed by atoms with E-state index in [2.05, 4.69) is 10.6 Å². The highest BCUT2D eigenvalue weighted by atomic mass is 16.3. The number of hydrogen-bond donors (Lipinski definition) is 3. The maximum absolute atomic E-state index is 11.9. The Hall–Kier alpha value is -1.55. The van der Waals surface area contributed by atoms with Gasteiger partial charge in [0.1, 0.15) is 5.75 Å². The zero-order chi connectivity index (χ0) is 12.8. The van der Waals surface area contributed by atoms with Crippen molar-refractivity contribution in [1.82, 2.24) is 10.6 Å². The monoisotopic (exact) mass is 248 g/mol. The number of nitrogens with one attached hydrogen (secondary N) is 2. The second-order valence-corrected chi connectivity index (χ2v) is 4.75. The van der Waals surface area contributed by atoms with Gasteiger partial charge in [-0.25, -0.2) is 0 Å². The van der Waals surface area contributed by atoms with Crippen LogP contribution in [0, 0.1) is 5.92 Å². The zero-order valence-corrected chi connectivity index (χ0v) is 10.5. The summed E-state index contributed by atoms with van der Waals surface area (Å²) in [6, 6.07) is 7.09. The quantitative estimate of drug-likeness (QED) is 0.746. The molecule has 0 aromatic heterocycles. The molecule has 1 aliphatic heterocycles. The van der Waals surface area contributed by atoms with E-state index in [4.69, 9.17) is 5.11 Å². The van der Waals surface area contributed by atoms with Crippen molar-refractivity contribution >= 4 is 5.91 Å². The SMILES string of the molecule is O=C(NCCc1ccc(O)cc1)[C@@H]1CCCNC1. The van der Waals surface area contributed by atoms with Crippen LogP contribution in [0.5, 0.6) is 5.75 Å². The Morgan fingerprint density at radius 1 is 1.39 bits per heavy atom. The van der Waals surface area contributed by atoms with Crippen LogP contribution in [-0.2, 0) is 11.2 Å². The number of phenols is 1. The molecule has 98 valence electrons. The van der Waals surface area contributed by atoms with Crippen molar-refractivity contribution in [1.29, 1.82) is 0 Å². The lowest BCUT2D eigenvalue weighted by Crippen LogP contribution is -2.41. The molecule has 2 rings (SSSR count). The van der Waals surface area contributed by atoms with Gasteiger partial charge in [-0.05, 0) is 43.5 Å². The van der Waals surface area contributed by atoms with E-state index in [0.717, 1.165) is 37.9 Å². The Morgan fingerprint density at radius 3 is 2.83 bits per heavy atom. The number of aromatic hydroxyl groups is 1. The van der Waals surface area contributed by atoms with Crippen LogP contribution in [0.1, 0.15) is 18.4 Å². The lowest BCUT2D eigenvalue weighted by Gasteiger charge is -2.21. The first-order chi connectivity index (χ1) is 8.75. The van der Waals surface area contributed by atoms with E-state index in [1.165, 1.54) is 0 Å². The van der Waals surface area contributed by atoms with Crippen molar-refractivity contribution in [3.05, 3.63) is 29.8 Å². The third-order valence-electron chi connectivity index (χ3n) is 3.32. The molecule has 0 unspecified atom stereocenters. The number of hydrogen-bond acceptors (Lipinski definition) is 3. The van der Waals surface area contributed by atoms with Gasteiger partial charge in [0, 0.05) is 13.1 Å². The Kier molecular flexibility index (Phi) is 4.59. The molecule has 1 fully saturated rings. The number of piperidine rings is 1. The van der Waals surface area contributed by atoms with Crippen LogP contribution in [0.15, 0.2) is 24.3 Å². The molecule has 4 nitrogen and oxygen atoms in total. The summed E-state index contributed by atoms with van der Waals surface area (Å²) in [5, 5.41) is 15.4. The highest BCUT2D eigenvalue weighted by molar-refractivity contribution is 5.78. The van der Waals surface area contributed by atoms with Crippen molar-refractivity contribution in [3.63, 3.8) is 0 Å². The van der Waals surface area contributed by atoms with E-state index >= 15 is 0 Å². The summed E-state index contributed by atoms with van der Waals surface area (Å²) in [5.41, 5.74) is 1.12. The van der Waals surface area contributed by atoms with Gasteiger partial charge in [-0.1, -0.05) is 12.1 Å². The predicted octanol–water partition coefficient (Wildman–Crippen LogP) is 1.05. The minimum absolute atomic E-state index is 0.124. The molecule has 1 aromatic rings. The summed E-state index contributed by atoms with van der Waals surface area (Å²) < 4.78 is 0. The largest absolute Gasteiger partial charge is 0.508 e. The summed E-state index contributed by atoms with van der Waals surface area (Å²) in [6.07, 6.45) is 2.86. The maximum Gasteiger partial charge on any atom is 0.224 e. The molecule has 0 spiro atoms. The minimum Gasteiger partial charge on any atom is -0.508 e. The molecular weight excluding hydrogens is 228 g/mol. The maximum atomic E-state index is 11.9. The number of phenolic OH excluding ortho intramolecular Hbond substituents is 1. The Labute approximate surface area is 107 Å². The number of amides is 1. The summed E-state index contributed by atoms with van der Waals surface area (Å²) in [6.45, 7) is 2.47. The lowest BCUT2D eigenvalue weighted by molar-refractivity contribution is -0.125. The van der Waals surface area contributed by atoms with E-state index in [1.54, 1.807) is 12.1 Å². The van der Waals surface area contributed by atoms with Gasteiger partial charge in [-0.15, -0.1) is 0 Å². The summed E-state index contributed by atoms with van der Waals surface area (Å²) in [5.74, 6) is 0.551. The molecule has 1 aliphatic rings. The van der Waals surface area contributed by atoms with Crippen molar-refractivity contribution < 1.29 is 9.90 Å². The Morgan fingerprint density at radius 2 is 2.17 bits per heavy atom. The molecule has 0 radical (unpaired) electrons. The molecule has 1 amide bonds. The lowest BCUT2D eigenvalue weighted by atomic mass is 9.99. The van der Waals surface area contributed by atoms with Gasteiger partial charge in [0.25, 0.3) is 0 Å². The molecule has 0 saturated carbocycles. The van der Waals surface area contributed by atoms with E-state index in [1.807, 2.05) is 12.1 Å².